The van der Waals surface area contributed by atoms with E-state index < -0.39 is 11.7 Å². The zero-order valence-corrected chi connectivity index (χ0v) is 16.3. The number of hydrogen-bond acceptors (Lipinski definition) is 5. The Morgan fingerprint density at radius 2 is 1.85 bits per heavy atom. The summed E-state index contributed by atoms with van der Waals surface area (Å²) in [7, 11) is 3.36. The van der Waals surface area contributed by atoms with Crippen LogP contribution in [0.15, 0.2) is 15.9 Å². The van der Waals surface area contributed by atoms with Crippen LogP contribution in [0, 0.1) is 5.92 Å². The Hall–Kier alpha value is -1.93. The van der Waals surface area contributed by atoms with Crippen molar-refractivity contribution >= 4 is 11.2 Å². The van der Waals surface area contributed by atoms with Gasteiger partial charge in [0.25, 0.3) is 5.56 Å². The van der Waals surface area contributed by atoms with Gasteiger partial charge in [0.15, 0.2) is 11.2 Å². The summed E-state index contributed by atoms with van der Waals surface area (Å²) in [6.45, 7) is 5.62. The van der Waals surface area contributed by atoms with Gasteiger partial charge in [0.1, 0.15) is 0 Å². The number of hydrogen-bond donors (Lipinski definition) is 2. The van der Waals surface area contributed by atoms with Gasteiger partial charge in [-0.1, -0.05) is 6.92 Å². The molecule has 2 rings (SSSR count). The maximum absolute atomic E-state index is 12.6. The minimum atomic E-state index is -1.10. The molecular formula is C18H30N4O4. The van der Waals surface area contributed by atoms with Crippen LogP contribution in [-0.4, -0.2) is 40.6 Å². The van der Waals surface area contributed by atoms with Crippen molar-refractivity contribution in [3.63, 3.8) is 0 Å². The second-order valence-electron chi connectivity index (χ2n) is 7.82. The third-order valence-electron chi connectivity index (χ3n) is 5.03. The molecule has 8 heteroatoms. The van der Waals surface area contributed by atoms with Crippen molar-refractivity contribution in [3.8, 4) is 0 Å². The van der Waals surface area contributed by atoms with E-state index in [4.69, 9.17) is 0 Å². The van der Waals surface area contributed by atoms with Gasteiger partial charge < -0.3 is 14.8 Å². The monoisotopic (exact) mass is 366 g/mol. The van der Waals surface area contributed by atoms with Crippen molar-refractivity contribution in [1.29, 1.82) is 0 Å². The van der Waals surface area contributed by atoms with E-state index in [0.29, 0.717) is 36.5 Å². The van der Waals surface area contributed by atoms with Crippen LogP contribution in [0.2, 0.25) is 0 Å². The van der Waals surface area contributed by atoms with Gasteiger partial charge in [-0.2, -0.15) is 0 Å². The summed E-state index contributed by atoms with van der Waals surface area (Å²) in [6, 6.07) is 0. The molecule has 26 heavy (non-hydrogen) atoms. The highest BCUT2D eigenvalue weighted by Crippen LogP contribution is 2.19. The molecule has 2 N–H and O–H groups in total. The van der Waals surface area contributed by atoms with Gasteiger partial charge in [0.05, 0.1) is 18.0 Å². The van der Waals surface area contributed by atoms with Crippen LogP contribution < -0.4 is 11.2 Å². The van der Waals surface area contributed by atoms with Gasteiger partial charge in [-0.25, -0.2) is 9.78 Å². The Morgan fingerprint density at radius 3 is 2.46 bits per heavy atom. The summed E-state index contributed by atoms with van der Waals surface area (Å²) in [5, 5.41) is 19.7. The van der Waals surface area contributed by atoms with E-state index in [2.05, 4.69) is 11.9 Å². The predicted octanol–water partition coefficient (Wildman–Crippen LogP) is 0.762. The first-order chi connectivity index (χ1) is 12.0. The highest BCUT2D eigenvalue weighted by Gasteiger charge is 2.24. The number of aliphatic hydroxyl groups is 2. The van der Waals surface area contributed by atoms with Crippen molar-refractivity contribution in [2.45, 2.75) is 64.7 Å². The summed E-state index contributed by atoms with van der Waals surface area (Å²) >= 11 is 0. The minimum absolute atomic E-state index is 0.312. The molecule has 0 saturated carbocycles. The Bertz CT molecular complexity index is 872. The largest absolute Gasteiger partial charge is 0.390 e. The molecule has 0 radical (unpaired) electrons. The molecule has 2 atom stereocenters. The highest BCUT2D eigenvalue weighted by molar-refractivity contribution is 5.69. The number of nitrogens with zero attached hydrogens (tertiary/aromatic N) is 4. The number of imidazole rings is 1. The van der Waals surface area contributed by atoms with Crippen LogP contribution in [-0.2, 0) is 20.6 Å². The van der Waals surface area contributed by atoms with Crippen LogP contribution >= 0.6 is 0 Å². The molecule has 0 fully saturated rings. The van der Waals surface area contributed by atoms with Gasteiger partial charge in [0.2, 0.25) is 0 Å². The van der Waals surface area contributed by atoms with E-state index in [0.717, 1.165) is 12.8 Å². The fourth-order valence-electron chi connectivity index (χ4n) is 3.13. The second kappa shape index (κ2) is 7.75. The van der Waals surface area contributed by atoms with Gasteiger partial charge in [-0.05, 0) is 45.4 Å². The molecule has 146 valence electrons. The van der Waals surface area contributed by atoms with Crippen LogP contribution in [0.1, 0.15) is 46.5 Å². The minimum Gasteiger partial charge on any atom is -0.390 e. The molecule has 8 nitrogen and oxygen atoms in total. The molecule has 0 aliphatic heterocycles. The number of aryl methyl sites for hydroxylation is 2. The molecule has 0 saturated heterocycles. The lowest BCUT2D eigenvalue weighted by Crippen LogP contribution is -2.39. The van der Waals surface area contributed by atoms with Crippen LogP contribution in [0.5, 0.6) is 0 Å². The molecule has 0 aliphatic carbocycles. The summed E-state index contributed by atoms with van der Waals surface area (Å²) in [4.78, 5) is 29.2. The first kappa shape index (κ1) is 20.4. The van der Waals surface area contributed by atoms with E-state index in [-0.39, 0.29) is 11.2 Å². The van der Waals surface area contributed by atoms with Crippen molar-refractivity contribution in [3.05, 3.63) is 27.2 Å². The molecule has 0 spiro atoms. The van der Waals surface area contributed by atoms with Gasteiger partial charge in [0, 0.05) is 20.6 Å². The third-order valence-corrected chi connectivity index (χ3v) is 5.03. The lowest BCUT2D eigenvalue weighted by atomic mass is 9.92. The van der Waals surface area contributed by atoms with E-state index in [9.17, 15) is 19.8 Å². The van der Waals surface area contributed by atoms with E-state index in [1.807, 2.05) is 0 Å². The smallest absolute Gasteiger partial charge is 0.332 e. The number of fused-ring (bicyclic) bond motifs is 1. The number of aromatic nitrogens is 4. The normalized spacial score (nSPS) is 14.7. The third kappa shape index (κ3) is 4.24. The number of rotatable bonds is 8. The zero-order valence-electron chi connectivity index (χ0n) is 16.3. The van der Waals surface area contributed by atoms with Crippen LogP contribution in [0.3, 0.4) is 0 Å². The summed E-state index contributed by atoms with van der Waals surface area (Å²) in [6.07, 6.45) is 3.60. The molecule has 0 bridgehead atoms. The molecule has 2 aromatic heterocycles. The predicted molar refractivity (Wildman–Crippen MR) is 100 cm³/mol. The molecule has 2 heterocycles. The van der Waals surface area contributed by atoms with Gasteiger partial charge >= 0.3 is 5.69 Å². The average molecular weight is 366 g/mol. The summed E-state index contributed by atoms with van der Waals surface area (Å²) in [5.41, 5.74) is -0.946. The standard InChI is InChI=1S/C18H30N4O4/c1-12(8-9-13(23)18(2,3)26)7-6-10-22-16(24)14-15(19-11-20(14)4)21(5)17(22)25/h11-13,23,26H,6-10H2,1-5H3. The summed E-state index contributed by atoms with van der Waals surface area (Å²) < 4.78 is 4.30. The SMILES string of the molecule is CC(CCCn1c(=O)c2c(ncn2C)n(C)c1=O)CCC(O)C(C)(C)O. The molecule has 0 aromatic carbocycles. The maximum Gasteiger partial charge on any atom is 0.332 e. The van der Waals surface area contributed by atoms with E-state index in [1.165, 1.54) is 15.5 Å². The molecule has 2 unspecified atom stereocenters. The molecule has 0 aliphatic rings. The van der Waals surface area contributed by atoms with Crippen molar-refractivity contribution in [2.75, 3.05) is 0 Å². The lowest BCUT2D eigenvalue weighted by Gasteiger charge is -2.25. The average Bonchev–Trinajstić information content (AvgIpc) is 2.94. The highest BCUT2D eigenvalue weighted by atomic mass is 16.3. The first-order valence-corrected chi connectivity index (χ1v) is 9.05. The van der Waals surface area contributed by atoms with Crippen LogP contribution in [0.25, 0.3) is 11.2 Å². The quantitative estimate of drug-likeness (QED) is 0.718. The molecule has 0 amide bonds. The van der Waals surface area contributed by atoms with Gasteiger partial charge in [-0.15, -0.1) is 0 Å². The first-order valence-electron chi connectivity index (χ1n) is 9.05. The summed E-state index contributed by atoms with van der Waals surface area (Å²) in [5.74, 6) is 0.326. The van der Waals surface area contributed by atoms with Crippen molar-refractivity contribution in [2.24, 2.45) is 20.0 Å². The Labute approximate surface area is 152 Å². The molecular weight excluding hydrogens is 336 g/mol. The topological polar surface area (TPSA) is 102 Å². The maximum atomic E-state index is 12.6. The van der Waals surface area contributed by atoms with E-state index in [1.54, 1.807) is 32.5 Å². The lowest BCUT2D eigenvalue weighted by molar-refractivity contribution is -0.0535. The van der Waals surface area contributed by atoms with Crippen molar-refractivity contribution in [1.82, 2.24) is 18.7 Å². The number of aliphatic hydroxyl groups excluding tert-OH is 1. The Morgan fingerprint density at radius 1 is 1.19 bits per heavy atom. The Balaban J connectivity index is 2.01. The zero-order chi connectivity index (χ0) is 19.6. The van der Waals surface area contributed by atoms with E-state index >= 15 is 0 Å². The fourth-order valence-corrected chi connectivity index (χ4v) is 3.13. The molecule has 2 aromatic rings. The van der Waals surface area contributed by atoms with Crippen LogP contribution in [0.4, 0.5) is 0 Å². The van der Waals surface area contributed by atoms with Crippen molar-refractivity contribution < 1.29 is 10.2 Å². The Kier molecular flexibility index (Phi) is 6.08. The van der Waals surface area contributed by atoms with Gasteiger partial charge in [-0.3, -0.25) is 13.9 Å². The fraction of sp³-hybridized carbons (Fsp3) is 0.722. The second-order valence-corrected chi connectivity index (χ2v) is 7.82.